The van der Waals surface area contributed by atoms with Gasteiger partial charge in [-0.2, -0.15) is 0 Å². The Morgan fingerprint density at radius 1 is 1.19 bits per heavy atom. The van der Waals surface area contributed by atoms with E-state index in [1.165, 1.54) is 11.3 Å². The third-order valence-corrected chi connectivity index (χ3v) is 7.45. The number of hydrogen-bond donors (Lipinski definition) is 0. The second-order valence-electron chi connectivity index (χ2n) is 8.98. The number of carbonyl (C=O) groups excluding carboxylic acids is 1. The number of hydrogen-bond acceptors (Lipinski definition) is 5. The number of thiazole rings is 1. The van der Waals surface area contributed by atoms with Crippen molar-refractivity contribution in [2.75, 3.05) is 0 Å². The van der Waals surface area contributed by atoms with Crippen molar-refractivity contribution in [1.82, 2.24) is 9.13 Å². The summed E-state index contributed by atoms with van der Waals surface area (Å²) in [5, 5.41) is 1.65. The second-order valence-corrected chi connectivity index (χ2v) is 10.4. The van der Waals surface area contributed by atoms with Crippen LogP contribution >= 0.6 is 22.9 Å². The molecular formula is C28H26ClN3O3S. The van der Waals surface area contributed by atoms with Crippen LogP contribution < -0.4 is 14.9 Å². The van der Waals surface area contributed by atoms with E-state index in [9.17, 15) is 9.59 Å². The Morgan fingerprint density at radius 3 is 2.61 bits per heavy atom. The van der Waals surface area contributed by atoms with Crippen molar-refractivity contribution >= 4 is 45.9 Å². The summed E-state index contributed by atoms with van der Waals surface area (Å²) in [6, 6.07) is 14.7. The van der Waals surface area contributed by atoms with E-state index in [4.69, 9.17) is 16.3 Å². The molecule has 2 aromatic carbocycles. The van der Waals surface area contributed by atoms with Crippen molar-refractivity contribution < 1.29 is 9.53 Å². The SMILES string of the molecule is CCn1cc(C=c2sc3n(c2=O)C(c2ccc(Cl)cc2)C(C(=O)OC(C)C)=C(C)N=3)c2ccccc21. The Labute approximate surface area is 217 Å². The van der Waals surface area contributed by atoms with E-state index < -0.39 is 12.0 Å². The number of para-hydroxylation sites is 1. The van der Waals surface area contributed by atoms with Crippen LogP contribution in [0.1, 0.15) is 44.9 Å². The number of ether oxygens (including phenoxy) is 1. The lowest BCUT2D eigenvalue weighted by atomic mass is 9.96. The smallest absolute Gasteiger partial charge is 0.338 e. The highest BCUT2D eigenvalue weighted by Crippen LogP contribution is 2.31. The first-order valence-corrected chi connectivity index (χ1v) is 13.0. The molecule has 8 heteroatoms. The molecule has 0 saturated heterocycles. The summed E-state index contributed by atoms with van der Waals surface area (Å²) >= 11 is 7.46. The maximum Gasteiger partial charge on any atom is 0.338 e. The standard InChI is InChI=1S/C28H26ClN3O3S/c1-5-31-15-19(21-8-6-7-9-22(21)31)14-23-26(33)32-25(18-10-12-20(29)13-11-18)24(27(34)35-16(2)3)17(4)30-28(32)36-23/h6-16,25H,5H2,1-4H3. The molecule has 0 fully saturated rings. The van der Waals surface area contributed by atoms with Crippen LogP contribution in [0.25, 0.3) is 17.0 Å². The first-order valence-electron chi connectivity index (χ1n) is 11.8. The number of rotatable bonds is 5. The van der Waals surface area contributed by atoms with Crippen molar-refractivity contribution in [2.24, 2.45) is 4.99 Å². The number of allylic oxidation sites excluding steroid dienone is 1. The van der Waals surface area contributed by atoms with Crippen LogP contribution in [-0.2, 0) is 16.1 Å². The zero-order valence-electron chi connectivity index (χ0n) is 20.5. The predicted molar refractivity (Wildman–Crippen MR) is 144 cm³/mol. The van der Waals surface area contributed by atoms with Crippen molar-refractivity contribution in [2.45, 2.75) is 46.4 Å². The van der Waals surface area contributed by atoms with E-state index in [2.05, 4.69) is 34.8 Å². The molecule has 2 aromatic heterocycles. The van der Waals surface area contributed by atoms with E-state index in [0.717, 1.165) is 28.6 Å². The Bertz CT molecular complexity index is 1690. The number of aryl methyl sites for hydroxylation is 1. The van der Waals surface area contributed by atoms with Gasteiger partial charge in [0.05, 0.1) is 27.9 Å². The van der Waals surface area contributed by atoms with E-state index in [-0.39, 0.29) is 11.7 Å². The van der Waals surface area contributed by atoms with Crippen LogP contribution in [-0.4, -0.2) is 21.2 Å². The highest BCUT2D eigenvalue weighted by Gasteiger charge is 2.33. The minimum Gasteiger partial charge on any atom is -0.459 e. The Hall–Kier alpha value is -3.42. The van der Waals surface area contributed by atoms with Crippen LogP contribution in [0, 0.1) is 0 Å². The van der Waals surface area contributed by atoms with Crippen LogP contribution in [0.4, 0.5) is 0 Å². The van der Waals surface area contributed by atoms with Crippen LogP contribution in [0.15, 0.2) is 75.8 Å². The third-order valence-electron chi connectivity index (χ3n) is 6.22. The Morgan fingerprint density at radius 2 is 1.92 bits per heavy atom. The molecule has 0 saturated carbocycles. The van der Waals surface area contributed by atoms with Gasteiger partial charge in [0.25, 0.3) is 5.56 Å². The quantitative estimate of drug-likeness (QED) is 0.355. The average molecular weight is 520 g/mol. The van der Waals surface area contributed by atoms with Gasteiger partial charge in [-0.15, -0.1) is 0 Å². The minimum atomic E-state index is -0.663. The molecule has 0 aliphatic carbocycles. The van der Waals surface area contributed by atoms with Crippen molar-refractivity contribution in [3.63, 3.8) is 0 Å². The number of fused-ring (bicyclic) bond motifs is 2. The number of esters is 1. The van der Waals surface area contributed by atoms with E-state index in [1.54, 1.807) is 37.5 Å². The number of nitrogens with zero attached hydrogens (tertiary/aromatic N) is 3. The molecule has 0 spiro atoms. The molecule has 0 N–H and O–H groups in total. The van der Waals surface area contributed by atoms with Crippen molar-refractivity contribution in [3.8, 4) is 0 Å². The molecule has 0 radical (unpaired) electrons. The minimum absolute atomic E-state index is 0.200. The summed E-state index contributed by atoms with van der Waals surface area (Å²) in [6.45, 7) is 8.30. The molecule has 0 bridgehead atoms. The Kier molecular flexibility index (Phi) is 6.45. The summed E-state index contributed by atoms with van der Waals surface area (Å²) in [6.07, 6.45) is 3.68. The highest BCUT2D eigenvalue weighted by molar-refractivity contribution is 7.07. The van der Waals surface area contributed by atoms with Gasteiger partial charge < -0.3 is 9.30 Å². The van der Waals surface area contributed by atoms with Crippen molar-refractivity contribution in [1.29, 1.82) is 0 Å². The number of carbonyl (C=O) groups is 1. The summed E-state index contributed by atoms with van der Waals surface area (Å²) < 4.78 is 9.87. The third kappa shape index (κ3) is 4.22. The Balaban J connectivity index is 1.74. The molecule has 6 nitrogen and oxygen atoms in total. The molecule has 1 atom stereocenters. The zero-order chi connectivity index (χ0) is 25.6. The van der Waals surface area contributed by atoms with Gasteiger partial charge in [-0.05, 0) is 57.5 Å². The van der Waals surface area contributed by atoms with Gasteiger partial charge in [0.15, 0.2) is 4.80 Å². The summed E-state index contributed by atoms with van der Waals surface area (Å²) in [5.74, 6) is -0.480. The van der Waals surface area contributed by atoms with Crippen molar-refractivity contribution in [3.05, 3.63) is 102 Å². The molecule has 3 heterocycles. The van der Waals surface area contributed by atoms with Gasteiger partial charge in [-0.3, -0.25) is 9.36 Å². The largest absolute Gasteiger partial charge is 0.459 e. The fraction of sp³-hybridized carbons (Fsp3) is 0.250. The first-order chi connectivity index (χ1) is 17.3. The molecule has 4 aromatic rings. The summed E-state index contributed by atoms with van der Waals surface area (Å²) in [7, 11) is 0. The zero-order valence-corrected chi connectivity index (χ0v) is 22.1. The highest BCUT2D eigenvalue weighted by atomic mass is 35.5. The van der Waals surface area contributed by atoms with Gasteiger partial charge in [0.2, 0.25) is 0 Å². The number of aromatic nitrogens is 2. The van der Waals surface area contributed by atoms with Gasteiger partial charge in [0, 0.05) is 34.2 Å². The van der Waals surface area contributed by atoms with E-state index >= 15 is 0 Å². The second kappa shape index (κ2) is 9.56. The lowest BCUT2D eigenvalue weighted by molar-refractivity contribution is -0.143. The average Bonchev–Trinajstić information content (AvgIpc) is 3.35. The molecular weight excluding hydrogens is 494 g/mol. The predicted octanol–water partition coefficient (Wildman–Crippen LogP) is 4.81. The number of benzene rings is 2. The fourth-order valence-corrected chi connectivity index (χ4v) is 5.78. The van der Waals surface area contributed by atoms with Crippen LogP contribution in [0.5, 0.6) is 0 Å². The molecule has 1 aliphatic rings. The number of halogens is 1. The molecule has 36 heavy (non-hydrogen) atoms. The lowest BCUT2D eigenvalue weighted by Crippen LogP contribution is -2.40. The molecule has 1 unspecified atom stereocenters. The van der Waals surface area contributed by atoms with E-state index in [0.29, 0.717) is 25.6 Å². The van der Waals surface area contributed by atoms with Gasteiger partial charge >= 0.3 is 5.97 Å². The topological polar surface area (TPSA) is 65.6 Å². The lowest BCUT2D eigenvalue weighted by Gasteiger charge is -2.25. The maximum atomic E-state index is 13.9. The maximum absolute atomic E-state index is 13.9. The van der Waals surface area contributed by atoms with Crippen LogP contribution in [0.2, 0.25) is 5.02 Å². The molecule has 5 rings (SSSR count). The fourth-order valence-electron chi connectivity index (χ4n) is 4.61. The normalized spacial score (nSPS) is 15.9. The monoisotopic (exact) mass is 519 g/mol. The van der Waals surface area contributed by atoms with E-state index in [1.807, 2.05) is 30.3 Å². The van der Waals surface area contributed by atoms with Crippen LogP contribution in [0.3, 0.4) is 0 Å². The van der Waals surface area contributed by atoms with Gasteiger partial charge in [0.1, 0.15) is 0 Å². The summed E-state index contributed by atoms with van der Waals surface area (Å²) in [4.78, 5) is 32.2. The van der Waals surface area contributed by atoms with Gasteiger partial charge in [-0.25, -0.2) is 9.79 Å². The summed E-state index contributed by atoms with van der Waals surface area (Å²) in [5.41, 5.74) is 3.54. The first kappa shape index (κ1) is 24.3. The van der Waals surface area contributed by atoms with Gasteiger partial charge in [-0.1, -0.05) is 53.3 Å². The molecule has 184 valence electrons. The molecule has 0 amide bonds. The molecule has 1 aliphatic heterocycles.